The van der Waals surface area contributed by atoms with Gasteiger partial charge in [0.25, 0.3) is 5.91 Å². The normalized spacial score (nSPS) is 13.9. The number of hydrogen-bond donors (Lipinski definition) is 1. The summed E-state index contributed by atoms with van der Waals surface area (Å²) in [6.45, 7) is 15.3. The van der Waals surface area contributed by atoms with Gasteiger partial charge in [0.2, 0.25) is 0 Å². The number of nitrogens with one attached hydrogen (secondary N) is 1. The predicted molar refractivity (Wildman–Crippen MR) is 62.8 cm³/mol. The summed E-state index contributed by atoms with van der Waals surface area (Å²) in [5, 5.41) is 2.92. The van der Waals surface area contributed by atoms with Crippen LogP contribution in [0.4, 0.5) is 0 Å². The van der Waals surface area contributed by atoms with Crippen LogP contribution in [-0.4, -0.2) is 22.6 Å². The number of amides is 1. The summed E-state index contributed by atoms with van der Waals surface area (Å²) in [5.41, 5.74) is -1.35. The lowest BCUT2D eigenvalue weighted by Crippen LogP contribution is -2.53. The number of ether oxygens (including phenoxy) is 1. The van der Waals surface area contributed by atoms with E-state index in [2.05, 4.69) is 5.32 Å². The second-order valence-electron chi connectivity index (χ2n) is 6.43. The fourth-order valence-corrected chi connectivity index (χ4v) is 1.30. The average Bonchev–Trinajstić information content (AvgIpc) is 1.75. The SMILES string of the molecule is CC(C)(C)NC(=O)C(C)(C)OC(C)(C)C. The summed E-state index contributed by atoms with van der Waals surface area (Å²) < 4.78 is 5.72. The van der Waals surface area contributed by atoms with E-state index in [4.69, 9.17) is 4.74 Å². The predicted octanol–water partition coefficient (Wildman–Crippen LogP) is 2.49. The van der Waals surface area contributed by atoms with Gasteiger partial charge >= 0.3 is 0 Å². The molecule has 0 unspecified atom stereocenters. The zero-order chi connectivity index (χ0) is 12.5. The molecule has 0 radical (unpaired) electrons. The van der Waals surface area contributed by atoms with Crippen LogP contribution in [0.3, 0.4) is 0 Å². The maximum absolute atomic E-state index is 11.9. The topological polar surface area (TPSA) is 38.3 Å². The van der Waals surface area contributed by atoms with Crippen LogP contribution in [0.2, 0.25) is 0 Å². The van der Waals surface area contributed by atoms with Gasteiger partial charge in [0.15, 0.2) is 0 Å². The van der Waals surface area contributed by atoms with Crippen molar-refractivity contribution in [1.82, 2.24) is 5.32 Å². The van der Waals surface area contributed by atoms with Gasteiger partial charge in [-0.1, -0.05) is 0 Å². The minimum Gasteiger partial charge on any atom is -0.360 e. The van der Waals surface area contributed by atoms with Gasteiger partial charge in [-0.3, -0.25) is 4.79 Å². The molecule has 0 atom stereocenters. The zero-order valence-electron chi connectivity index (χ0n) is 11.3. The lowest BCUT2D eigenvalue weighted by Gasteiger charge is -2.35. The van der Waals surface area contributed by atoms with Crippen molar-refractivity contribution in [2.75, 3.05) is 0 Å². The fourth-order valence-electron chi connectivity index (χ4n) is 1.30. The third-order valence-corrected chi connectivity index (χ3v) is 1.60. The first-order chi connectivity index (χ1) is 6.33. The van der Waals surface area contributed by atoms with Crippen molar-refractivity contribution in [3.05, 3.63) is 0 Å². The molecule has 0 aromatic heterocycles. The molecule has 1 N–H and O–H groups in total. The molecule has 0 spiro atoms. The number of hydrogen-bond acceptors (Lipinski definition) is 2. The smallest absolute Gasteiger partial charge is 0.252 e. The molecule has 0 aromatic carbocycles. The molecule has 0 rings (SSSR count). The van der Waals surface area contributed by atoms with Crippen LogP contribution in [0.25, 0.3) is 0 Å². The van der Waals surface area contributed by atoms with E-state index in [1.54, 1.807) is 13.8 Å². The van der Waals surface area contributed by atoms with Crippen molar-refractivity contribution in [3.8, 4) is 0 Å². The van der Waals surface area contributed by atoms with E-state index >= 15 is 0 Å². The third-order valence-electron chi connectivity index (χ3n) is 1.60. The summed E-state index contributed by atoms with van der Waals surface area (Å²) >= 11 is 0. The van der Waals surface area contributed by atoms with Crippen LogP contribution < -0.4 is 5.32 Å². The number of carbonyl (C=O) groups excluding carboxylic acids is 1. The molecule has 0 aromatic rings. The molecule has 1 amide bonds. The van der Waals surface area contributed by atoms with Crippen LogP contribution in [0, 0.1) is 0 Å². The van der Waals surface area contributed by atoms with Crippen LogP contribution in [0.15, 0.2) is 0 Å². The molecule has 0 fully saturated rings. The Kier molecular flexibility index (Phi) is 3.97. The van der Waals surface area contributed by atoms with E-state index in [0.717, 1.165) is 0 Å². The Morgan fingerprint density at radius 3 is 1.60 bits per heavy atom. The molecule has 0 saturated heterocycles. The van der Waals surface area contributed by atoms with Crippen molar-refractivity contribution < 1.29 is 9.53 Å². The van der Waals surface area contributed by atoms with Crippen molar-refractivity contribution >= 4 is 5.91 Å². The largest absolute Gasteiger partial charge is 0.360 e. The van der Waals surface area contributed by atoms with Gasteiger partial charge in [-0.15, -0.1) is 0 Å². The highest BCUT2D eigenvalue weighted by Gasteiger charge is 2.34. The van der Waals surface area contributed by atoms with Gasteiger partial charge < -0.3 is 10.1 Å². The molecule has 0 aliphatic carbocycles. The quantitative estimate of drug-likeness (QED) is 0.768. The molecule has 90 valence electrons. The van der Waals surface area contributed by atoms with Gasteiger partial charge in [-0.25, -0.2) is 0 Å². The van der Waals surface area contributed by atoms with Crippen LogP contribution in [0.5, 0.6) is 0 Å². The summed E-state index contributed by atoms with van der Waals surface area (Å²) in [6.07, 6.45) is 0. The molecule has 0 saturated carbocycles. The Morgan fingerprint density at radius 1 is 0.933 bits per heavy atom. The zero-order valence-corrected chi connectivity index (χ0v) is 11.3. The standard InChI is InChI=1S/C12H25NO2/c1-10(2,3)13-9(14)12(7,8)15-11(4,5)6/h1-8H3,(H,13,14). The molecular weight excluding hydrogens is 190 g/mol. The van der Waals surface area contributed by atoms with E-state index < -0.39 is 5.60 Å². The highest BCUT2D eigenvalue weighted by atomic mass is 16.5. The second kappa shape index (κ2) is 4.12. The molecular formula is C12H25NO2. The summed E-state index contributed by atoms with van der Waals surface area (Å²) in [6, 6.07) is 0. The first-order valence-electron chi connectivity index (χ1n) is 5.36. The van der Waals surface area contributed by atoms with Crippen LogP contribution in [0.1, 0.15) is 55.4 Å². The summed E-state index contributed by atoms with van der Waals surface area (Å²) in [5.74, 6) is -0.0788. The Balaban J connectivity index is 4.54. The first kappa shape index (κ1) is 14.4. The highest BCUT2D eigenvalue weighted by Crippen LogP contribution is 2.20. The van der Waals surface area contributed by atoms with E-state index in [-0.39, 0.29) is 17.0 Å². The minimum atomic E-state index is -0.800. The molecule has 3 heteroatoms. The molecule has 0 aliphatic heterocycles. The van der Waals surface area contributed by atoms with Gasteiger partial charge in [0.05, 0.1) is 5.60 Å². The van der Waals surface area contributed by atoms with E-state index in [9.17, 15) is 4.79 Å². The van der Waals surface area contributed by atoms with Crippen LogP contribution >= 0.6 is 0 Å². The lowest BCUT2D eigenvalue weighted by atomic mass is 10.0. The number of carbonyl (C=O) groups is 1. The van der Waals surface area contributed by atoms with Gasteiger partial charge in [-0.2, -0.15) is 0 Å². The highest BCUT2D eigenvalue weighted by molar-refractivity contribution is 5.84. The third kappa shape index (κ3) is 6.50. The maximum Gasteiger partial charge on any atom is 0.252 e. The average molecular weight is 215 g/mol. The first-order valence-corrected chi connectivity index (χ1v) is 5.36. The Morgan fingerprint density at radius 2 is 1.33 bits per heavy atom. The van der Waals surface area contributed by atoms with Crippen molar-refractivity contribution in [1.29, 1.82) is 0 Å². The summed E-state index contributed by atoms with van der Waals surface area (Å²) in [7, 11) is 0. The summed E-state index contributed by atoms with van der Waals surface area (Å²) in [4.78, 5) is 11.9. The van der Waals surface area contributed by atoms with Crippen LogP contribution in [-0.2, 0) is 9.53 Å². The van der Waals surface area contributed by atoms with E-state index in [0.29, 0.717) is 0 Å². The monoisotopic (exact) mass is 215 g/mol. The van der Waals surface area contributed by atoms with E-state index in [1.807, 2.05) is 41.5 Å². The fraction of sp³-hybridized carbons (Fsp3) is 0.917. The van der Waals surface area contributed by atoms with E-state index in [1.165, 1.54) is 0 Å². The molecule has 15 heavy (non-hydrogen) atoms. The lowest BCUT2D eigenvalue weighted by molar-refractivity contribution is -0.161. The van der Waals surface area contributed by atoms with Gasteiger partial charge in [0, 0.05) is 5.54 Å². The van der Waals surface area contributed by atoms with Crippen molar-refractivity contribution in [3.63, 3.8) is 0 Å². The minimum absolute atomic E-state index is 0.0788. The maximum atomic E-state index is 11.9. The number of rotatable bonds is 2. The van der Waals surface area contributed by atoms with Crippen molar-refractivity contribution in [2.45, 2.75) is 72.1 Å². The Labute approximate surface area is 93.6 Å². The molecule has 0 heterocycles. The molecule has 0 aliphatic rings. The van der Waals surface area contributed by atoms with Crippen molar-refractivity contribution in [2.24, 2.45) is 0 Å². The molecule has 3 nitrogen and oxygen atoms in total. The second-order valence-corrected chi connectivity index (χ2v) is 6.43. The van der Waals surface area contributed by atoms with Gasteiger partial charge in [0.1, 0.15) is 5.60 Å². The Hall–Kier alpha value is -0.570. The Bertz CT molecular complexity index is 231. The van der Waals surface area contributed by atoms with Gasteiger partial charge in [-0.05, 0) is 55.4 Å². The molecule has 0 bridgehead atoms.